The predicted molar refractivity (Wildman–Crippen MR) is 106 cm³/mol. The molecule has 0 aromatic heterocycles. The van der Waals surface area contributed by atoms with Gasteiger partial charge < -0.3 is 16.0 Å². The summed E-state index contributed by atoms with van der Waals surface area (Å²) >= 11 is 0. The Labute approximate surface area is 161 Å². The average molecular weight is 376 g/mol. The van der Waals surface area contributed by atoms with Gasteiger partial charge in [0.15, 0.2) is 0 Å². The Morgan fingerprint density at radius 3 is 2.19 bits per heavy atom. The molecule has 0 saturated carbocycles. The van der Waals surface area contributed by atoms with E-state index < -0.39 is 0 Å². The molecular formula is C20H26ClN3O2. The van der Waals surface area contributed by atoms with E-state index in [-0.39, 0.29) is 36.2 Å². The van der Waals surface area contributed by atoms with Crippen LogP contribution in [0.1, 0.15) is 34.5 Å². The molecule has 0 saturated heterocycles. The van der Waals surface area contributed by atoms with Gasteiger partial charge in [-0.05, 0) is 23.3 Å². The molecule has 140 valence electrons. The fourth-order valence-electron chi connectivity index (χ4n) is 2.72. The average Bonchev–Trinajstić information content (AvgIpc) is 2.66. The fraction of sp³-hybridized carbons (Fsp3) is 0.300. The molecule has 0 bridgehead atoms. The minimum Gasteiger partial charge on any atom is -0.355 e. The second-order valence-corrected chi connectivity index (χ2v) is 6.20. The molecular weight excluding hydrogens is 350 g/mol. The summed E-state index contributed by atoms with van der Waals surface area (Å²) in [5.41, 5.74) is 8.76. The van der Waals surface area contributed by atoms with Crippen LogP contribution in [0.4, 0.5) is 0 Å². The molecule has 2 aromatic rings. The number of carbonyl (C=O) groups excluding carboxylic acids is 2. The molecule has 5 nitrogen and oxygen atoms in total. The Kier molecular flexibility index (Phi) is 8.29. The maximum Gasteiger partial charge on any atom is 0.251 e. The van der Waals surface area contributed by atoms with E-state index >= 15 is 0 Å². The molecule has 2 rings (SSSR count). The minimum atomic E-state index is -0.341. The molecule has 0 aliphatic carbocycles. The van der Waals surface area contributed by atoms with Crippen LogP contribution in [0.2, 0.25) is 0 Å². The number of nitrogens with zero attached hydrogens (tertiary/aromatic N) is 1. The summed E-state index contributed by atoms with van der Waals surface area (Å²) in [7, 11) is 3.36. The molecule has 3 N–H and O–H groups in total. The third-order valence-electron chi connectivity index (χ3n) is 4.35. The van der Waals surface area contributed by atoms with Gasteiger partial charge in [-0.2, -0.15) is 0 Å². The molecule has 2 unspecified atom stereocenters. The van der Waals surface area contributed by atoms with Gasteiger partial charge in [0.2, 0.25) is 5.91 Å². The topological polar surface area (TPSA) is 75.4 Å². The highest BCUT2D eigenvalue weighted by Gasteiger charge is 2.24. The summed E-state index contributed by atoms with van der Waals surface area (Å²) in [5, 5.41) is 2.59. The van der Waals surface area contributed by atoms with Crippen molar-refractivity contribution in [3.05, 3.63) is 71.3 Å². The van der Waals surface area contributed by atoms with Crippen molar-refractivity contribution in [3.8, 4) is 0 Å². The summed E-state index contributed by atoms with van der Waals surface area (Å²) in [6.07, 6.45) is 0. The van der Waals surface area contributed by atoms with E-state index in [2.05, 4.69) is 5.32 Å². The number of halogens is 1. The van der Waals surface area contributed by atoms with Crippen LogP contribution in [0.25, 0.3) is 0 Å². The standard InChI is InChI=1S/C20H25N3O2.ClH/c1-14(18(21)16-7-5-4-6-8-16)20(25)23(3)13-15-9-11-17(12-10-15)19(24)22-2;/h4-12,14,18H,13,21H2,1-3H3,(H,22,24);1H. The van der Waals surface area contributed by atoms with E-state index in [1.807, 2.05) is 49.4 Å². The summed E-state index contributed by atoms with van der Waals surface area (Å²) in [5.74, 6) is -0.456. The van der Waals surface area contributed by atoms with Crippen LogP contribution in [0, 0.1) is 5.92 Å². The molecule has 2 atom stereocenters. The number of nitrogens with two attached hydrogens (primary N) is 1. The van der Waals surface area contributed by atoms with Gasteiger partial charge >= 0.3 is 0 Å². The molecule has 0 spiro atoms. The van der Waals surface area contributed by atoms with Crippen molar-refractivity contribution in [2.24, 2.45) is 11.7 Å². The van der Waals surface area contributed by atoms with Gasteiger partial charge in [-0.15, -0.1) is 12.4 Å². The lowest BCUT2D eigenvalue weighted by molar-refractivity contribution is -0.134. The second-order valence-electron chi connectivity index (χ2n) is 6.20. The molecule has 26 heavy (non-hydrogen) atoms. The number of benzene rings is 2. The van der Waals surface area contributed by atoms with E-state index in [1.165, 1.54) is 0 Å². The van der Waals surface area contributed by atoms with Gasteiger partial charge in [0.1, 0.15) is 0 Å². The first-order valence-corrected chi connectivity index (χ1v) is 8.30. The van der Waals surface area contributed by atoms with Crippen LogP contribution in [-0.4, -0.2) is 30.8 Å². The lowest BCUT2D eigenvalue weighted by Crippen LogP contribution is -2.36. The van der Waals surface area contributed by atoms with Crippen LogP contribution in [0.5, 0.6) is 0 Å². The molecule has 0 fully saturated rings. The molecule has 0 heterocycles. The summed E-state index contributed by atoms with van der Waals surface area (Å²) < 4.78 is 0. The number of hydrogen-bond donors (Lipinski definition) is 2. The van der Waals surface area contributed by atoms with Gasteiger partial charge in [0, 0.05) is 32.2 Å². The zero-order valence-electron chi connectivity index (χ0n) is 15.3. The van der Waals surface area contributed by atoms with E-state index in [9.17, 15) is 9.59 Å². The van der Waals surface area contributed by atoms with Crippen LogP contribution >= 0.6 is 12.4 Å². The Morgan fingerprint density at radius 1 is 1.08 bits per heavy atom. The summed E-state index contributed by atoms with van der Waals surface area (Å²) in [6.45, 7) is 2.32. The minimum absolute atomic E-state index is 0. The zero-order valence-corrected chi connectivity index (χ0v) is 16.1. The Balaban J connectivity index is 0.00000338. The molecule has 6 heteroatoms. The first-order valence-electron chi connectivity index (χ1n) is 8.30. The number of nitrogens with one attached hydrogen (secondary N) is 1. The predicted octanol–water partition coefficient (Wildman–Crippen LogP) is 2.76. The number of amides is 2. The quantitative estimate of drug-likeness (QED) is 0.815. The number of rotatable bonds is 6. The van der Waals surface area contributed by atoms with E-state index in [0.717, 1.165) is 11.1 Å². The van der Waals surface area contributed by atoms with Crippen molar-refractivity contribution in [2.45, 2.75) is 19.5 Å². The molecule has 0 aliphatic rings. The normalized spacial score (nSPS) is 12.5. The Bertz CT molecular complexity index is 720. The van der Waals surface area contributed by atoms with E-state index in [0.29, 0.717) is 12.1 Å². The summed E-state index contributed by atoms with van der Waals surface area (Å²) in [4.78, 5) is 25.9. The zero-order chi connectivity index (χ0) is 18.4. The van der Waals surface area contributed by atoms with Gasteiger partial charge in [-0.3, -0.25) is 9.59 Å². The SMILES string of the molecule is CNC(=O)c1ccc(CN(C)C(=O)C(C)C(N)c2ccccc2)cc1.Cl. The van der Waals surface area contributed by atoms with Crippen molar-refractivity contribution in [1.29, 1.82) is 0 Å². The maximum atomic E-state index is 12.7. The smallest absolute Gasteiger partial charge is 0.251 e. The van der Waals surface area contributed by atoms with Gasteiger partial charge in [-0.25, -0.2) is 0 Å². The van der Waals surface area contributed by atoms with Crippen molar-refractivity contribution in [3.63, 3.8) is 0 Å². The number of hydrogen-bond acceptors (Lipinski definition) is 3. The van der Waals surface area contributed by atoms with Gasteiger partial charge in [0.05, 0.1) is 5.92 Å². The van der Waals surface area contributed by atoms with E-state index in [4.69, 9.17) is 5.73 Å². The largest absolute Gasteiger partial charge is 0.355 e. The second kappa shape index (κ2) is 9.94. The van der Waals surface area contributed by atoms with Gasteiger partial charge in [-0.1, -0.05) is 49.4 Å². The lowest BCUT2D eigenvalue weighted by Gasteiger charge is -2.25. The Hall–Kier alpha value is -2.37. The van der Waals surface area contributed by atoms with Crippen molar-refractivity contribution in [2.75, 3.05) is 14.1 Å². The highest BCUT2D eigenvalue weighted by Crippen LogP contribution is 2.21. The third-order valence-corrected chi connectivity index (χ3v) is 4.35. The van der Waals surface area contributed by atoms with Crippen molar-refractivity contribution in [1.82, 2.24) is 10.2 Å². The first kappa shape index (κ1) is 21.7. The fourth-order valence-corrected chi connectivity index (χ4v) is 2.72. The van der Waals surface area contributed by atoms with Gasteiger partial charge in [0.25, 0.3) is 5.91 Å². The van der Waals surface area contributed by atoms with E-state index in [1.54, 1.807) is 31.1 Å². The molecule has 0 radical (unpaired) electrons. The monoisotopic (exact) mass is 375 g/mol. The van der Waals surface area contributed by atoms with Crippen LogP contribution < -0.4 is 11.1 Å². The molecule has 2 aromatic carbocycles. The Morgan fingerprint density at radius 2 is 1.65 bits per heavy atom. The van der Waals surface area contributed by atoms with Crippen LogP contribution in [0.3, 0.4) is 0 Å². The number of carbonyl (C=O) groups is 2. The third kappa shape index (κ3) is 5.31. The lowest BCUT2D eigenvalue weighted by atomic mass is 9.94. The first-order chi connectivity index (χ1) is 11.9. The van der Waals surface area contributed by atoms with Crippen molar-refractivity contribution >= 4 is 24.2 Å². The highest BCUT2D eigenvalue weighted by molar-refractivity contribution is 5.93. The summed E-state index contributed by atoms with van der Waals surface area (Å²) in [6, 6.07) is 16.5. The highest BCUT2D eigenvalue weighted by atomic mass is 35.5. The molecule has 0 aliphatic heterocycles. The molecule has 2 amide bonds. The van der Waals surface area contributed by atoms with Crippen LogP contribution in [0.15, 0.2) is 54.6 Å². The maximum absolute atomic E-state index is 12.7. The van der Waals surface area contributed by atoms with Crippen LogP contribution in [-0.2, 0) is 11.3 Å². The van der Waals surface area contributed by atoms with Crippen molar-refractivity contribution < 1.29 is 9.59 Å².